The number of aromatic nitrogens is 2. The Bertz CT molecular complexity index is 385. The first-order chi connectivity index (χ1) is 9.21. The lowest BCUT2D eigenvalue weighted by Crippen LogP contribution is -2.57. The van der Waals surface area contributed by atoms with Gasteiger partial charge in [0.25, 0.3) is 0 Å². The maximum Gasteiger partial charge on any atom is 0.240 e. The van der Waals surface area contributed by atoms with Gasteiger partial charge in [-0.25, -0.2) is 4.98 Å². The van der Waals surface area contributed by atoms with Gasteiger partial charge >= 0.3 is 0 Å². The molecule has 0 bridgehead atoms. The molecule has 0 atom stereocenters. The Labute approximate surface area is 113 Å². The molecule has 2 rings (SSSR count). The van der Waals surface area contributed by atoms with E-state index in [1.165, 1.54) is 0 Å². The molecule has 1 amide bonds. The summed E-state index contributed by atoms with van der Waals surface area (Å²) < 4.78 is 7.26. The SMILES string of the molecule is NC1(C(=O)NCCCCn2ccnc2)CCOCC1. The van der Waals surface area contributed by atoms with Crippen molar-refractivity contribution in [1.29, 1.82) is 0 Å². The number of nitrogens with one attached hydrogen (secondary N) is 1. The molecule has 0 spiro atoms. The van der Waals surface area contributed by atoms with Gasteiger partial charge in [-0.05, 0) is 25.7 Å². The molecule has 0 saturated carbocycles. The Morgan fingerprint density at radius 1 is 1.42 bits per heavy atom. The zero-order chi connectivity index (χ0) is 13.6. The molecule has 3 N–H and O–H groups in total. The third kappa shape index (κ3) is 4.04. The molecule has 1 aromatic heterocycles. The fraction of sp³-hybridized carbons (Fsp3) is 0.692. The Hall–Kier alpha value is -1.40. The highest BCUT2D eigenvalue weighted by Crippen LogP contribution is 2.17. The molecule has 0 aliphatic carbocycles. The highest BCUT2D eigenvalue weighted by atomic mass is 16.5. The smallest absolute Gasteiger partial charge is 0.240 e. The summed E-state index contributed by atoms with van der Waals surface area (Å²) in [7, 11) is 0. The second-order valence-corrected chi connectivity index (χ2v) is 5.03. The van der Waals surface area contributed by atoms with Crippen molar-refractivity contribution in [2.24, 2.45) is 5.73 Å². The third-order valence-corrected chi connectivity index (χ3v) is 3.53. The number of unbranched alkanes of at least 4 members (excludes halogenated alkanes) is 1. The normalized spacial score (nSPS) is 18.2. The van der Waals surface area contributed by atoms with Gasteiger partial charge in [-0.3, -0.25) is 4.79 Å². The first kappa shape index (κ1) is 14.0. The molecule has 106 valence electrons. The molecule has 0 unspecified atom stereocenters. The Morgan fingerprint density at radius 3 is 2.89 bits per heavy atom. The molecule has 6 heteroatoms. The van der Waals surface area contributed by atoms with E-state index in [0.29, 0.717) is 32.6 Å². The summed E-state index contributed by atoms with van der Waals surface area (Å²) in [6, 6.07) is 0. The van der Waals surface area contributed by atoms with Crippen molar-refractivity contribution >= 4 is 5.91 Å². The van der Waals surface area contributed by atoms with Crippen LogP contribution in [0.15, 0.2) is 18.7 Å². The van der Waals surface area contributed by atoms with Gasteiger partial charge in [0.05, 0.1) is 11.9 Å². The summed E-state index contributed by atoms with van der Waals surface area (Å²) in [5, 5.41) is 2.93. The lowest BCUT2D eigenvalue weighted by atomic mass is 9.90. The van der Waals surface area contributed by atoms with Crippen LogP contribution in [-0.2, 0) is 16.1 Å². The average molecular weight is 266 g/mol. The maximum absolute atomic E-state index is 12.0. The molecule has 0 radical (unpaired) electrons. The lowest BCUT2D eigenvalue weighted by molar-refractivity contribution is -0.129. The first-order valence-electron chi connectivity index (χ1n) is 6.81. The van der Waals surface area contributed by atoms with Crippen molar-refractivity contribution in [2.45, 2.75) is 37.8 Å². The van der Waals surface area contributed by atoms with E-state index in [9.17, 15) is 4.79 Å². The number of carbonyl (C=O) groups is 1. The molecule has 1 fully saturated rings. The van der Waals surface area contributed by atoms with Crippen LogP contribution in [0.3, 0.4) is 0 Å². The average Bonchev–Trinajstić information content (AvgIpc) is 2.92. The number of hydrogen-bond donors (Lipinski definition) is 2. The van der Waals surface area contributed by atoms with Gasteiger partial charge in [-0.2, -0.15) is 0 Å². The van der Waals surface area contributed by atoms with Crippen LogP contribution in [-0.4, -0.2) is 40.8 Å². The van der Waals surface area contributed by atoms with Crippen molar-refractivity contribution in [3.05, 3.63) is 18.7 Å². The molecule has 2 heterocycles. The van der Waals surface area contributed by atoms with E-state index < -0.39 is 5.54 Å². The monoisotopic (exact) mass is 266 g/mol. The van der Waals surface area contributed by atoms with Gasteiger partial charge < -0.3 is 20.4 Å². The van der Waals surface area contributed by atoms with Gasteiger partial charge in [-0.1, -0.05) is 0 Å². The standard InChI is InChI=1S/C13H22N4O2/c14-13(3-9-19-10-4-13)12(18)16-5-1-2-7-17-8-6-15-11-17/h6,8,11H,1-5,7,9-10,14H2,(H,16,18). The van der Waals surface area contributed by atoms with Gasteiger partial charge in [-0.15, -0.1) is 0 Å². The van der Waals surface area contributed by atoms with Gasteiger partial charge in [0, 0.05) is 38.7 Å². The van der Waals surface area contributed by atoms with Crippen molar-refractivity contribution in [3.8, 4) is 0 Å². The number of rotatable bonds is 6. The summed E-state index contributed by atoms with van der Waals surface area (Å²) in [6.07, 6.45) is 8.67. The fourth-order valence-corrected chi connectivity index (χ4v) is 2.18. The molecule has 1 aromatic rings. The largest absolute Gasteiger partial charge is 0.381 e. The highest BCUT2D eigenvalue weighted by Gasteiger charge is 2.35. The van der Waals surface area contributed by atoms with Crippen LogP contribution in [0, 0.1) is 0 Å². The second-order valence-electron chi connectivity index (χ2n) is 5.03. The Kier molecular flexibility index (Phi) is 4.93. The van der Waals surface area contributed by atoms with Crippen LogP contribution in [0.5, 0.6) is 0 Å². The second kappa shape index (κ2) is 6.68. The van der Waals surface area contributed by atoms with E-state index in [-0.39, 0.29) is 5.91 Å². The highest BCUT2D eigenvalue weighted by molar-refractivity contribution is 5.86. The minimum absolute atomic E-state index is 0.0431. The number of nitrogens with zero attached hydrogens (tertiary/aromatic N) is 2. The van der Waals surface area contributed by atoms with E-state index in [1.807, 2.05) is 10.8 Å². The Balaban J connectivity index is 1.61. The van der Waals surface area contributed by atoms with Crippen molar-refractivity contribution in [1.82, 2.24) is 14.9 Å². The van der Waals surface area contributed by atoms with Crippen LogP contribution in [0.4, 0.5) is 0 Å². The van der Waals surface area contributed by atoms with E-state index in [2.05, 4.69) is 10.3 Å². The van der Waals surface area contributed by atoms with E-state index in [0.717, 1.165) is 19.4 Å². The van der Waals surface area contributed by atoms with Crippen LogP contribution in [0.2, 0.25) is 0 Å². The number of nitrogens with two attached hydrogens (primary N) is 1. The van der Waals surface area contributed by atoms with Crippen LogP contribution >= 0.6 is 0 Å². The summed E-state index contributed by atoms with van der Waals surface area (Å²) in [5.41, 5.74) is 5.36. The number of aryl methyl sites for hydroxylation is 1. The van der Waals surface area contributed by atoms with Crippen LogP contribution in [0.1, 0.15) is 25.7 Å². The van der Waals surface area contributed by atoms with Gasteiger partial charge in [0.1, 0.15) is 0 Å². The number of imidazole rings is 1. The fourth-order valence-electron chi connectivity index (χ4n) is 2.18. The van der Waals surface area contributed by atoms with Crippen LogP contribution in [0.25, 0.3) is 0 Å². The van der Waals surface area contributed by atoms with Gasteiger partial charge in [0.15, 0.2) is 0 Å². The van der Waals surface area contributed by atoms with Crippen molar-refractivity contribution in [3.63, 3.8) is 0 Å². The first-order valence-corrected chi connectivity index (χ1v) is 6.81. The zero-order valence-electron chi connectivity index (χ0n) is 11.2. The quantitative estimate of drug-likeness (QED) is 0.725. The molecule has 0 aromatic carbocycles. The summed E-state index contributed by atoms with van der Waals surface area (Å²) >= 11 is 0. The predicted molar refractivity (Wildman–Crippen MR) is 71.4 cm³/mol. The molecule has 19 heavy (non-hydrogen) atoms. The maximum atomic E-state index is 12.0. The van der Waals surface area contributed by atoms with E-state index in [1.54, 1.807) is 12.5 Å². The van der Waals surface area contributed by atoms with E-state index in [4.69, 9.17) is 10.5 Å². The summed E-state index contributed by atoms with van der Waals surface area (Å²) in [5.74, 6) is -0.0431. The number of ether oxygens (including phenoxy) is 1. The van der Waals surface area contributed by atoms with E-state index >= 15 is 0 Å². The third-order valence-electron chi connectivity index (χ3n) is 3.53. The molecular weight excluding hydrogens is 244 g/mol. The molecule has 1 aliphatic heterocycles. The molecular formula is C13H22N4O2. The molecule has 1 aliphatic rings. The van der Waals surface area contributed by atoms with Gasteiger partial charge in [0.2, 0.25) is 5.91 Å². The van der Waals surface area contributed by atoms with Crippen molar-refractivity contribution in [2.75, 3.05) is 19.8 Å². The number of carbonyl (C=O) groups excluding carboxylic acids is 1. The minimum atomic E-state index is -0.734. The molecule has 6 nitrogen and oxygen atoms in total. The number of hydrogen-bond acceptors (Lipinski definition) is 4. The minimum Gasteiger partial charge on any atom is -0.381 e. The summed E-state index contributed by atoms with van der Waals surface area (Å²) in [6.45, 7) is 2.75. The predicted octanol–water partition coefficient (Wildman–Crippen LogP) is 0.287. The Morgan fingerprint density at radius 2 is 2.21 bits per heavy atom. The molecule has 1 saturated heterocycles. The lowest BCUT2D eigenvalue weighted by Gasteiger charge is -2.31. The summed E-state index contributed by atoms with van der Waals surface area (Å²) in [4.78, 5) is 16.0. The zero-order valence-corrected chi connectivity index (χ0v) is 11.2. The topological polar surface area (TPSA) is 82.2 Å². The number of amides is 1. The van der Waals surface area contributed by atoms with Crippen molar-refractivity contribution < 1.29 is 9.53 Å². The van der Waals surface area contributed by atoms with Crippen LogP contribution < -0.4 is 11.1 Å².